The molecule has 0 spiro atoms. The van der Waals surface area contributed by atoms with Crippen LogP contribution >= 0.6 is 0 Å². The zero-order valence-electron chi connectivity index (χ0n) is 12.6. The molecule has 1 aliphatic heterocycles. The summed E-state index contributed by atoms with van der Waals surface area (Å²) < 4.78 is 10.4. The molecule has 8 nitrogen and oxygen atoms in total. The molecule has 2 N–H and O–H groups in total. The van der Waals surface area contributed by atoms with E-state index in [1.165, 1.54) is 4.90 Å². The Kier molecular flexibility index (Phi) is 3.89. The molecule has 1 aromatic heterocycles. The van der Waals surface area contributed by atoms with Gasteiger partial charge in [0, 0.05) is 13.1 Å². The van der Waals surface area contributed by atoms with Gasteiger partial charge < -0.3 is 19.9 Å². The number of aryl methyl sites for hydroxylation is 1. The molecule has 2 rings (SSSR count). The van der Waals surface area contributed by atoms with E-state index in [9.17, 15) is 9.59 Å². The number of carbonyl (C=O) groups is 2. The van der Waals surface area contributed by atoms with Crippen molar-refractivity contribution in [2.24, 2.45) is 11.7 Å². The van der Waals surface area contributed by atoms with Crippen molar-refractivity contribution in [3.05, 3.63) is 11.7 Å². The topological polar surface area (TPSA) is 112 Å². The van der Waals surface area contributed by atoms with Crippen LogP contribution in [-0.4, -0.2) is 45.7 Å². The van der Waals surface area contributed by atoms with Crippen LogP contribution in [0.2, 0.25) is 0 Å². The van der Waals surface area contributed by atoms with Gasteiger partial charge in [0.2, 0.25) is 11.8 Å². The fourth-order valence-electron chi connectivity index (χ4n) is 2.28. The standard InChI is InChI=1S/C13H20N4O4/c1-7-15-11(21-16-7)9-6-17(5-8(9)10(14)18)12(19)20-13(2,3)4/h8-9H,5-6H2,1-4H3,(H2,14,18)/t8-,9-/m0/s1. The Morgan fingerprint density at radius 1 is 1.38 bits per heavy atom. The SMILES string of the molecule is Cc1noc([C@H]2CN(C(=O)OC(C)(C)C)C[C@@H]2C(N)=O)n1. The van der Waals surface area contributed by atoms with E-state index in [2.05, 4.69) is 10.1 Å². The molecule has 1 saturated heterocycles. The van der Waals surface area contributed by atoms with E-state index in [0.717, 1.165) is 0 Å². The van der Waals surface area contributed by atoms with Crippen molar-refractivity contribution in [3.63, 3.8) is 0 Å². The summed E-state index contributed by atoms with van der Waals surface area (Å²) in [5.41, 5.74) is 4.82. The van der Waals surface area contributed by atoms with Crippen molar-refractivity contribution in [1.82, 2.24) is 15.0 Å². The smallest absolute Gasteiger partial charge is 0.410 e. The summed E-state index contributed by atoms with van der Waals surface area (Å²) in [4.78, 5) is 29.3. The predicted octanol–water partition coefficient (Wildman–Crippen LogP) is 0.814. The average molecular weight is 296 g/mol. The van der Waals surface area contributed by atoms with E-state index in [1.54, 1.807) is 27.7 Å². The first kappa shape index (κ1) is 15.3. The minimum absolute atomic E-state index is 0.191. The van der Waals surface area contributed by atoms with Crippen LogP contribution in [-0.2, 0) is 9.53 Å². The second kappa shape index (κ2) is 5.34. The van der Waals surface area contributed by atoms with Gasteiger partial charge in [0.25, 0.3) is 0 Å². The normalized spacial score (nSPS) is 22.4. The van der Waals surface area contributed by atoms with Gasteiger partial charge in [-0.15, -0.1) is 0 Å². The number of nitrogens with two attached hydrogens (primary N) is 1. The molecule has 0 bridgehead atoms. The number of rotatable bonds is 2. The lowest BCUT2D eigenvalue weighted by molar-refractivity contribution is -0.121. The van der Waals surface area contributed by atoms with Gasteiger partial charge in [0.15, 0.2) is 5.82 Å². The van der Waals surface area contributed by atoms with Gasteiger partial charge in [-0.2, -0.15) is 4.98 Å². The van der Waals surface area contributed by atoms with Crippen molar-refractivity contribution in [1.29, 1.82) is 0 Å². The Labute approximate surface area is 122 Å². The van der Waals surface area contributed by atoms with Crippen molar-refractivity contribution >= 4 is 12.0 Å². The van der Waals surface area contributed by atoms with Gasteiger partial charge in [-0.25, -0.2) is 4.79 Å². The third-order valence-corrected chi connectivity index (χ3v) is 3.20. The van der Waals surface area contributed by atoms with E-state index in [1.807, 2.05) is 0 Å². The molecular formula is C13H20N4O4. The molecule has 0 radical (unpaired) electrons. The lowest BCUT2D eigenvalue weighted by Crippen LogP contribution is -2.36. The zero-order valence-corrected chi connectivity index (χ0v) is 12.6. The molecule has 1 aliphatic rings. The van der Waals surface area contributed by atoms with Crippen LogP contribution in [0.25, 0.3) is 0 Å². The average Bonchev–Trinajstić information content (AvgIpc) is 2.91. The number of nitrogens with zero attached hydrogens (tertiary/aromatic N) is 3. The molecule has 21 heavy (non-hydrogen) atoms. The highest BCUT2D eigenvalue weighted by molar-refractivity contribution is 5.80. The molecule has 2 atom stereocenters. The first-order chi connectivity index (χ1) is 9.67. The van der Waals surface area contributed by atoms with Crippen LogP contribution in [0, 0.1) is 12.8 Å². The third-order valence-electron chi connectivity index (χ3n) is 3.20. The van der Waals surface area contributed by atoms with Crippen LogP contribution in [0.5, 0.6) is 0 Å². The first-order valence-electron chi connectivity index (χ1n) is 6.75. The van der Waals surface area contributed by atoms with Crippen LogP contribution < -0.4 is 5.73 Å². The van der Waals surface area contributed by atoms with E-state index in [0.29, 0.717) is 11.7 Å². The molecular weight excluding hydrogens is 276 g/mol. The number of hydrogen-bond donors (Lipinski definition) is 1. The van der Waals surface area contributed by atoms with E-state index in [-0.39, 0.29) is 13.1 Å². The van der Waals surface area contributed by atoms with Gasteiger partial charge in [0.05, 0.1) is 11.8 Å². The molecule has 2 amide bonds. The second-order valence-electron chi connectivity index (χ2n) is 6.18. The maximum Gasteiger partial charge on any atom is 0.410 e. The van der Waals surface area contributed by atoms with Crippen molar-refractivity contribution in [2.75, 3.05) is 13.1 Å². The summed E-state index contributed by atoms with van der Waals surface area (Å²) >= 11 is 0. The molecule has 0 saturated carbocycles. The molecule has 0 aliphatic carbocycles. The van der Waals surface area contributed by atoms with Gasteiger partial charge >= 0.3 is 6.09 Å². The lowest BCUT2D eigenvalue weighted by Gasteiger charge is -2.24. The van der Waals surface area contributed by atoms with E-state index >= 15 is 0 Å². The summed E-state index contributed by atoms with van der Waals surface area (Å²) in [7, 11) is 0. The fourth-order valence-corrected chi connectivity index (χ4v) is 2.28. The van der Waals surface area contributed by atoms with Crippen molar-refractivity contribution in [3.8, 4) is 0 Å². The second-order valence-corrected chi connectivity index (χ2v) is 6.18. The Morgan fingerprint density at radius 3 is 2.52 bits per heavy atom. The van der Waals surface area contributed by atoms with Gasteiger partial charge in [0.1, 0.15) is 5.60 Å². The number of primary amides is 1. The predicted molar refractivity (Wildman–Crippen MR) is 72.3 cm³/mol. The number of likely N-dealkylation sites (tertiary alicyclic amines) is 1. The molecule has 8 heteroatoms. The summed E-state index contributed by atoms with van der Waals surface area (Å²) in [5.74, 6) is -0.651. The van der Waals surface area contributed by atoms with E-state index in [4.69, 9.17) is 15.0 Å². The Hall–Kier alpha value is -2.12. The summed E-state index contributed by atoms with van der Waals surface area (Å²) in [5, 5.41) is 3.71. The lowest BCUT2D eigenvalue weighted by atomic mass is 9.95. The highest BCUT2D eigenvalue weighted by atomic mass is 16.6. The summed E-state index contributed by atoms with van der Waals surface area (Å²) in [6, 6.07) is 0. The monoisotopic (exact) mass is 296 g/mol. The minimum Gasteiger partial charge on any atom is -0.444 e. The number of carbonyl (C=O) groups excluding carboxylic acids is 2. The molecule has 0 aromatic carbocycles. The number of ether oxygens (including phenoxy) is 1. The molecule has 1 aromatic rings. The third kappa shape index (κ3) is 3.50. The number of amides is 2. The van der Waals surface area contributed by atoms with Crippen molar-refractivity contribution in [2.45, 2.75) is 39.2 Å². The summed E-state index contributed by atoms with van der Waals surface area (Å²) in [6.07, 6.45) is -0.479. The minimum atomic E-state index is -0.599. The summed E-state index contributed by atoms with van der Waals surface area (Å²) in [6.45, 7) is 7.50. The van der Waals surface area contributed by atoms with Gasteiger partial charge in [-0.1, -0.05) is 5.16 Å². The Bertz CT molecular complexity index is 549. The van der Waals surface area contributed by atoms with E-state index < -0.39 is 29.4 Å². The largest absolute Gasteiger partial charge is 0.444 e. The van der Waals surface area contributed by atoms with Crippen LogP contribution in [0.15, 0.2) is 4.52 Å². The molecule has 116 valence electrons. The quantitative estimate of drug-likeness (QED) is 0.864. The van der Waals surface area contributed by atoms with Gasteiger partial charge in [-0.05, 0) is 27.7 Å². The van der Waals surface area contributed by atoms with Crippen LogP contribution in [0.4, 0.5) is 4.79 Å². The molecule has 2 heterocycles. The highest BCUT2D eigenvalue weighted by Crippen LogP contribution is 2.32. The maximum atomic E-state index is 12.1. The number of hydrogen-bond acceptors (Lipinski definition) is 6. The highest BCUT2D eigenvalue weighted by Gasteiger charge is 2.43. The first-order valence-corrected chi connectivity index (χ1v) is 6.75. The van der Waals surface area contributed by atoms with Crippen LogP contribution in [0.1, 0.15) is 38.4 Å². The van der Waals surface area contributed by atoms with Gasteiger partial charge in [-0.3, -0.25) is 4.79 Å². The fraction of sp³-hybridized carbons (Fsp3) is 0.692. The molecule has 1 fully saturated rings. The zero-order chi connectivity index (χ0) is 15.8. The number of aromatic nitrogens is 2. The Balaban J connectivity index is 2.15. The molecule has 0 unspecified atom stereocenters. The van der Waals surface area contributed by atoms with Crippen LogP contribution in [0.3, 0.4) is 0 Å². The van der Waals surface area contributed by atoms with Crippen molar-refractivity contribution < 1.29 is 18.8 Å². The Morgan fingerprint density at radius 2 is 2.05 bits per heavy atom. The maximum absolute atomic E-state index is 12.1.